The third kappa shape index (κ3) is 2.55. The van der Waals surface area contributed by atoms with Crippen LogP contribution in [-0.4, -0.2) is 40.3 Å². The Balaban J connectivity index is 2.10. The second kappa shape index (κ2) is 4.99. The maximum Gasteiger partial charge on any atom is 0.311 e. The fourth-order valence-electron chi connectivity index (χ4n) is 1.91. The molecule has 1 aliphatic heterocycles. The quantitative estimate of drug-likeness (QED) is 0.639. The van der Waals surface area contributed by atoms with Crippen molar-refractivity contribution in [1.29, 1.82) is 0 Å². The number of nitro groups is 1. The van der Waals surface area contributed by atoms with Crippen molar-refractivity contribution in [2.24, 2.45) is 0 Å². The number of nitrogens with one attached hydrogen (secondary N) is 1. The molecule has 96 valence electrons. The SMILES string of the molecule is CN1CCC(Nc2ncccc2[N+](=O)[O-])CC1=O. The van der Waals surface area contributed by atoms with Crippen molar-refractivity contribution < 1.29 is 9.72 Å². The maximum absolute atomic E-state index is 11.5. The largest absolute Gasteiger partial charge is 0.361 e. The number of amides is 1. The van der Waals surface area contributed by atoms with E-state index in [-0.39, 0.29) is 23.5 Å². The Morgan fingerprint density at radius 1 is 1.61 bits per heavy atom. The second-order valence-corrected chi connectivity index (χ2v) is 4.28. The molecule has 7 heteroatoms. The molecule has 0 spiro atoms. The predicted octanol–water partition coefficient (Wildman–Crippen LogP) is 1.02. The van der Waals surface area contributed by atoms with Gasteiger partial charge in [0.05, 0.1) is 4.92 Å². The summed E-state index contributed by atoms with van der Waals surface area (Å²) in [5.74, 6) is 0.266. The number of rotatable bonds is 3. The van der Waals surface area contributed by atoms with E-state index < -0.39 is 4.92 Å². The number of pyridine rings is 1. The second-order valence-electron chi connectivity index (χ2n) is 4.28. The molecule has 7 nitrogen and oxygen atoms in total. The van der Waals surface area contributed by atoms with Crippen LogP contribution in [0, 0.1) is 10.1 Å². The Morgan fingerprint density at radius 3 is 3.06 bits per heavy atom. The molecule has 2 rings (SSSR count). The Morgan fingerprint density at radius 2 is 2.39 bits per heavy atom. The van der Waals surface area contributed by atoms with Crippen LogP contribution in [0.1, 0.15) is 12.8 Å². The molecule has 0 radical (unpaired) electrons. The van der Waals surface area contributed by atoms with Crippen molar-refractivity contribution in [1.82, 2.24) is 9.88 Å². The molecule has 0 aromatic carbocycles. The first-order valence-electron chi connectivity index (χ1n) is 5.68. The monoisotopic (exact) mass is 250 g/mol. The molecular formula is C11H14N4O3. The molecular weight excluding hydrogens is 236 g/mol. The zero-order valence-corrected chi connectivity index (χ0v) is 10.00. The van der Waals surface area contributed by atoms with Gasteiger partial charge in [0, 0.05) is 38.3 Å². The first-order chi connectivity index (χ1) is 8.58. The van der Waals surface area contributed by atoms with Crippen LogP contribution in [0.25, 0.3) is 0 Å². The summed E-state index contributed by atoms with van der Waals surface area (Å²) in [6.45, 7) is 0.650. The topological polar surface area (TPSA) is 88.4 Å². The van der Waals surface area contributed by atoms with E-state index >= 15 is 0 Å². The van der Waals surface area contributed by atoms with E-state index in [2.05, 4.69) is 10.3 Å². The molecule has 0 bridgehead atoms. The average Bonchev–Trinajstić information content (AvgIpc) is 2.34. The number of likely N-dealkylation sites (tertiary alicyclic amines) is 1. The van der Waals surface area contributed by atoms with Crippen molar-refractivity contribution in [3.63, 3.8) is 0 Å². The van der Waals surface area contributed by atoms with Crippen LogP contribution in [-0.2, 0) is 4.79 Å². The van der Waals surface area contributed by atoms with Gasteiger partial charge >= 0.3 is 5.69 Å². The first kappa shape index (κ1) is 12.3. The van der Waals surface area contributed by atoms with Gasteiger partial charge in [-0.25, -0.2) is 4.98 Å². The lowest BCUT2D eigenvalue weighted by molar-refractivity contribution is -0.384. The van der Waals surface area contributed by atoms with Crippen molar-refractivity contribution in [3.05, 3.63) is 28.4 Å². The summed E-state index contributed by atoms with van der Waals surface area (Å²) in [7, 11) is 1.75. The van der Waals surface area contributed by atoms with Crippen LogP contribution in [0.3, 0.4) is 0 Å². The molecule has 1 aromatic heterocycles. The molecule has 1 unspecified atom stereocenters. The number of anilines is 1. The summed E-state index contributed by atoms with van der Waals surface area (Å²) < 4.78 is 0. The number of hydrogen-bond acceptors (Lipinski definition) is 5. The highest BCUT2D eigenvalue weighted by atomic mass is 16.6. The predicted molar refractivity (Wildman–Crippen MR) is 65.2 cm³/mol. The Labute approximate surface area is 104 Å². The third-order valence-corrected chi connectivity index (χ3v) is 2.98. The zero-order valence-electron chi connectivity index (χ0n) is 10.00. The Kier molecular flexibility index (Phi) is 3.40. The van der Waals surface area contributed by atoms with Gasteiger partial charge in [0.25, 0.3) is 0 Å². The molecule has 1 fully saturated rings. The van der Waals surface area contributed by atoms with Crippen molar-refractivity contribution in [2.75, 3.05) is 18.9 Å². The molecule has 1 saturated heterocycles. The first-order valence-corrected chi connectivity index (χ1v) is 5.68. The third-order valence-electron chi connectivity index (χ3n) is 2.98. The fraction of sp³-hybridized carbons (Fsp3) is 0.455. The van der Waals surface area contributed by atoms with Gasteiger partial charge in [0.1, 0.15) is 0 Å². The maximum atomic E-state index is 11.5. The van der Waals surface area contributed by atoms with Gasteiger partial charge in [-0.3, -0.25) is 14.9 Å². The highest BCUT2D eigenvalue weighted by Crippen LogP contribution is 2.23. The van der Waals surface area contributed by atoms with Gasteiger partial charge in [-0.15, -0.1) is 0 Å². The van der Waals surface area contributed by atoms with Crippen LogP contribution in [0.4, 0.5) is 11.5 Å². The number of carbonyl (C=O) groups excluding carboxylic acids is 1. The number of carbonyl (C=O) groups is 1. The lowest BCUT2D eigenvalue weighted by atomic mass is 10.0. The Bertz CT molecular complexity index is 477. The molecule has 0 saturated carbocycles. The Hall–Kier alpha value is -2.18. The molecule has 0 aliphatic carbocycles. The number of hydrogen-bond donors (Lipinski definition) is 1. The summed E-state index contributed by atoms with van der Waals surface area (Å²) in [6, 6.07) is 2.82. The van der Waals surface area contributed by atoms with E-state index in [1.807, 2.05) is 0 Å². The lowest BCUT2D eigenvalue weighted by Gasteiger charge is -2.29. The molecule has 2 heterocycles. The molecule has 1 aromatic rings. The molecule has 18 heavy (non-hydrogen) atoms. The number of nitrogens with zero attached hydrogens (tertiary/aromatic N) is 3. The van der Waals surface area contributed by atoms with Gasteiger partial charge in [-0.05, 0) is 12.5 Å². The lowest BCUT2D eigenvalue weighted by Crippen LogP contribution is -2.41. The molecule has 1 aliphatic rings. The molecule has 1 amide bonds. The van der Waals surface area contributed by atoms with E-state index in [4.69, 9.17) is 0 Å². The van der Waals surface area contributed by atoms with Crippen molar-refractivity contribution >= 4 is 17.4 Å². The van der Waals surface area contributed by atoms with E-state index in [9.17, 15) is 14.9 Å². The minimum Gasteiger partial charge on any atom is -0.361 e. The van der Waals surface area contributed by atoms with Gasteiger partial charge < -0.3 is 10.2 Å². The van der Waals surface area contributed by atoms with E-state index in [0.717, 1.165) is 6.42 Å². The summed E-state index contributed by atoms with van der Waals surface area (Å²) >= 11 is 0. The van der Waals surface area contributed by atoms with Crippen LogP contribution in [0.15, 0.2) is 18.3 Å². The highest BCUT2D eigenvalue weighted by Gasteiger charge is 2.25. The van der Waals surface area contributed by atoms with E-state index in [1.54, 1.807) is 11.9 Å². The fourth-order valence-corrected chi connectivity index (χ4v) is 1.91. The van der Waals surface area contributed by atoms with Gasteiger partial charge in [-0.1, -0.05) is 0 Å². The van der Waals surface area contributed by atoms with Gasteiger partial charge in [-0.2, -0.15) is 0 Å². The molecule has 1 N–H and O–H groups in total. The van der Waals surface area contributed by atoms with Crippen molar-refractivity contribution in [2.45, 2.75) is 18.9 Å². The van der Waals surface area contributed by atoms with Crippen LogP contribution in [0.2, 0.25) is 0 Å². The van der Waals surface area contributed by atoms with Crippen molar-refractivity contribution in [3.8, 4) is 0 Å². The highest BCUT2D eigenvalue weighted by molar-refractivity contribution is 5.78. The van der Waals surface area contributed by atoms with Crippen LogP contribution in [0.5, 0.6) is 0 Å². The average molecular weight is 250 g/mol. The minimum absolute atomic E-state index is 0.0392. The van der Waals surface area contributed by atoms with Crippen LogP contribution < -0.4 is 5.32 Å². The van der Waals surface area contributed by atoms with E-state index in [0.29, 0.717) is 13.0 Å². The minimum atomic E-state index is -0.480. The number of piperidine rings is 1. The number of aromatic nitrogens is 1. The summed E-state index contributed by atoms with van der Waals surface area (Å²) in [4.78, 5) is 27.5. The van der Waals surface area contributed by atoms with Gasteiger partial charge in [0.15, 0.2) is 0 Å². The normalized spacial score (nSPS) is 19.7. The van der Waals surface area contributed by atoms with Crippen LogP contribution >= 0.6 is 0 Å². The van der Waals surface area contributed by atoms with E-state index in [1.165, 1.54) is 18.3 Å². The standard InChI is InChI=1S/C11H14N4O3/c1-14-6-4-8(7-10(14)16)13-11-9(15(17)18)3-2-5-12-11/h2-3,5,8H,4,6-7H2,1H3,(H,12,13). The molecule has 1 atom stereocenters. The van der Waals surface area contributed by atoms with Gasteiger partial charge in [0.2, 0.25) is 11.7 Å². The summed E-state index contributed by atoms with van der Waals surface area (Å²) in [6.07, 6.45) is 2.59. The summed E-state index contributed by atoms with van der Waals surface area (Å²) in [5, 5.41) is 13.8. The summed E-state index contributed by atoms with van der Waals surface area (Å²) in [5.41, 5.74) is -0.0659. The smallest absolute Gasteiger partial charge is 0.311 e. The zero-order chi connectivity index (χ0) is 13.1.